The highest BCUT2D eigenvalue weighted by atomic mass is 79.9. The molecule has 1 amide bonds. The fourth-order valence-corrected chi connectivity index (χ4v) is 2.57. The summed E-state index contributed by atoms with van der Waals surface area (Å²) in [5.74, 6) is 0.0307. The number of nitrogens with one attached hydrogen (secondary N) is 1. The van der Waals surface area contributed by atoms with Crippen molar-refractivity contribution >= 4 is 27.5 Å². The molecule has 2 rings (SSSR count). The zero-order chi connectivity index (χ0) is 13.0. The number of anilines is 1. The van der Waals surface area contributed by atoms with Crippen molar-refractivity contribution in [3.8, 4) is 0 Å². The van der Waals surface area contributed by atoms with Crippen LogP contribution in [0.15, 0.2) is 24.3 Å². The molecule has 1 fully saturated rings. The van der Waals surface area contributed by atoms with Crippen molar-refractivity contribution in [1.29, 1.82) is 0 Å². The molecule has 1 aromatic rings. The Morgan fingerprint density at radius 1 is 1.39 bits per heavy atom. The number of rotatable bonds is 5. The number of hydrogen-bond donors (Lipinski definition) is 1. The van der Waals surface area contributed by atoms with Crippen molar-refractivity contribution in [2.75, 3.05) is 12.4 Å². The largest absolute Gasteiger partial charge is 0.378 e. The van der Waals surface area contributed by atoms with Gasteiger partial charge in [-0.3, -0.25) is 4.79 Å². The average molecular weight is 312 g/mol. The summed E-state index contributed by atoms with van der Waals surface area (Å²) in [5, 5.41) is 3.74. The number of methoxy groups -OCH3 is 1. The first-order chi connectivity index (χ1) is 8.67. The quantitative estimate of drug-likeness (QED) is 0.845. The smallest absolute Gasteiger partial charge is 0.227 e. The second-order valence-electron chi connectivity index (χ2n) is 4.80. The maximum atomic E-state index is 11.9. The minimum absolute atomic E-state index is 0.0307. The molecule has 98 valence electrons. The first-order valence-corrected chi connectivity index (χ1v) is 7.29. The highest BCUT2D eigenvalue weighted by molar-refractivity contribution is 9.08. The van der Waals surface area contributed by atoms with Gasteiger partial charge in [-0.1, -0.05) is 28.1 Å². The number of carbonyl (C=O) groups is 1. The Hall–Kier alpha value is -0.870. The lowest BCUT2D eigenvalue weighted by molar-refractivity contribution is -0.129. The Morgan fingerprint density at radius 2 is 2.06 bits per heavy atom. The second kappa shape index (κ2) is 5.85. The number of halogens is 1. The summed E-state index contributed by atoms with van der Waals surface area (Å²) in [4.78, 5) is 11.9. The summed E-state index contributed by atoms with van der Waals surface area (Å²) in [6.45, 7) is 0. The number of amides is 1. The standard InChI is InChI=1S/C14H18BrNO2/c1-18-14(7-2-8-14)9-13(17)16-12-5-3-11(10-15)4-6-12/h3-6H,2,7-10H2,1H3,(H,16,17). The molecule has 18 heavy (non-hydrogen) atoms. The average Bonchev–Trinajstić information content (AvgIpc) is 2.35. The van der Waals surface area contributed by atoms with Gasteiger partial charge in [-0.25, -0.2) is 0 Å². The lowest BCUT2D eigenvalue weighted by Gasteiger charge is -2.39. The Bertz CT molecular complexity index is 407. The first-order valence-electron chi connectivity index (χ1n) is 6.17. The predicted octanol–water partition coefficient (Wildman–Crippen LogP) is 3.48. The summed E-state index contributed by atoms with van der Waals surface area (Å²) < 4.78 is 5.45. The van der Waals surface area contributed by atoms with Crippen LogP contribution in [-0.2, 0) is 14.9 Å². The van der Waals surface area contributed by atoms with Crippen LogP contribution in [0.1, 0.15) is 31.2 Å². The minimum Gasteiger partial charge on any atom is -0.378 e. The molecule has 0 aliphatic heterocycles. The Morgan fingerprint density at radius 3 is 2.50 bits per heavy atom. The van der Waals surface area contributed by atoms with Gasteiger partial charge in [0.15, 0.2) is 0 Å². The van der Waals surface area contributed by atoms with Crippen LogP contribution in [0.4, 0.5) is 5.69 Å². The molecule has 0 atom stereocenters. The molecule has 1 N–H and O–H groups in total. The number of carbonyl (C=O) groups excluding carboxylic acids is 1. The molecule has 1 aliphatic carbocycles. The topological polar surface area (TPSA) is 38.3 Å². The fourth-order valence-electron chi connectivity index (χ4n) is 2.20. The van der Waals surface area contributed by atoms with Gasteiger partial charge in [-0.15, -0.1) is 0 Å². The number of benzene rings is 1. The second-order valence-corrected chi connectivity index (χ2v) is 5.36. The molecular weight excluding hydrogens is 294 g/mol. The van der Waals surface area contributed by atoms with Crippen molar-refractivity contribution in [3.63, 3.8) is 0 Å². The molecule has 1 aliphatic rings. The molecule has 0 unspecified atom stereocenters. The van der Waals surface area contributed by atoms with Crippen LogP contribution in [-0.4, -0.2) is 18.6 Å². The highest BCUT2D eigenvalue weighted by Gasteiger charge is 2.38. The minimum atomic E-state index is -0.208. The molecule has 1 aromatic carbocycles. The van der Waals surface area contributed by atoms with E-state index >= 15 is 0 Å². The van der Waals surface area contributed by atoms with Crippen LogP contribution >= 0.6 is 15.9 Å². The number of hydrogen-bond acceptors (Lipinski definition) is 2. The van der Waals surface area contributed by atoms with E-state index in [4.69, 9.17) is 4.74 Å². The first kappa shape index (κ1) is 13.6. The van der Waals surface area contributed by atoms with E-state index in [-0.39, 0.29) is 11.5 Å². The molecule has 3 nitrogen and oxygen atoms in total. The van der Waals surface area contributed by atoms with E-state index in [2.05, 4.69) is 21.2 Å². The van der Waals surface area contributed by atoms with E-state index in [1.54, 1.807) is 7.11 Å². The van der Waals surface area contributed by atoms with Crippen LogP contribution in [0.2, 0.25) is 0 Å². The molecule has 0 bridgehead atoms. The molecule has 1 saturated carbocycles. The fraction of sp³-hybridized carbons (Fsp3) is 0.500. The predicted molar refractivity (Wildman–Crippen MR) is 75.9 cm³/mol. The summed E-state index contributed by atoms with van der Waals surface area (Å²) in [7, 11) is 1.69. The van der Waals surface area contributed by atoms with Crippen molar-refractivity contribution in [2.45, 2.75) is 36.6 Å². The summed E-state index contributed by atoms with van der Waals surface area (Å²) in [6.07, 6.45) is 3.57. The Kier molecular flexibility index (Phi) is 4.40. The van der Waals surface area contributed by atoms with Gasteiger partial charge in [-0.05, 0) is 37.0 Å². The van der Waals surface area contributed by atoms with E-state index in [0.717, 1.165) is 30.3 Å². The summed E-state index contributed by atoms with van der Waals surface area (Å²) in [5.41, 5.74) is 1.83. The van der Waals surface area contributed by atoms with Gasteiger partial charge in [0.2, 0.25) is 5.91 Å². The molecule has 0 spiro atoms. The molecule has 0 radical (unpaired) electrons. The van der Waals surface area contributed by atoms with Crippen LogP contribution in [0, 0.1) is 0 Å². The number of alkyl halides is 1. The van der Waals surface area contributed by atoms with Gasteiger partial charge in [0.25, 0.3) is 0 Å². The van der Waals surface area contributed by atoms with Gasteiger partial charge in [0.05, 0.1) is 12.0 Å². The molecular formula is C14H18BrNO2. The van der Waals surface area contributed by atoms with Crippen LogP contribution < -0.4 is 5.32 Å². The van der Waals surface area contributed by atoms with E-state index in [0.29, 0.717) is 6.42 Å². The lowest BCUT2D eigenvalue weighted by Crippen LogP contribution is -2.42. The highest BCUT2D eigenvalue weighted by Crippen LogP contribution is 2.38. The van der Waals surface area contributed by atoms with Gasteiger partial charge in [0.1, 0.15) is 0 Å². The Labute approximate surface area is 116 Å². The van der Waals surface area contributed by atoms with Crippen LogP contribution in [0.5, 0.6) is 0 Å². The van der Waals surface area contributed by atoms with Gasteiger partial charge in [-0.2, -0.15) is 0 Å². The molecule has 4 heteroatoms. The van der Waals surface area contributed by atoms with Crippen LogP contribution in [0.3, 0.4) is 0 Å². The van der Waals surface area contributed by atoms with Crippen molar-refractivity contribution in [2.24, 2.45) is 0 Å². The third-order valence-electron chi connectivity index (χ3n) is 3.57. The lowest BCUT2D eigenvalue weighted by atomic mass is 9.77. The zero-order valence-corrected chi connectivity index (χ0v) is 12.1. The SMILES string of the molecule is COC1(CC(=O)Nc2ccc(CBr)cc2)CCC1. The van der Waals surface area contributed by atoms with Gasteiger partial charge < -0.3 is 10.1 Å². The van der Waals surface area contributed by atoms with Crippen LogP contribution in [0.25, 0.3) is 0 Å². The molecule has 0 saturated heterocycles. The Balaban J connectivity index is 1.90. The van der Waals surface area contributed by atoms with Crippen molar-refractivity contribution in [1.82, 2.24) is 0 Å². The summed E-state index contributed by atoms with van der Waals surface area (Å²) >= 11 is 3.40. The molecule has 0 heterocycles. The van der Waals surface area contributed by atoms with E-state index in [9.17, 15) is 4.79 Å². The molecule has 0 aromatic heterocycles. The maximum absolute atomic E-state index is 11.9. The third kappa shape index (κ3) is 3.12. The van der Waals surface area contributed by atoms with Crippen molar-refractivity contribution < 1.29 is 9.53 Å². The van der Waals surface area contributed by atoms with E-state index in [1.165, 1.54) is 5.56 Å². The monoisotopic (exact) mass is 311 g/mol. The van der Waals surface area contributed by atoms with Gasteiger partial charge >= 0.3 is 0 Å². The normalized spacial score (nSPS) is 17.0. The van der Waals surface area contributed by atoms with Gasteiger partial charge in [0, 0.05) is 18.1 Å². The summed E-state index contributed by atoms with van der Waals surface area (Å²) in [6, 6.07) is 7.85. The maximum Gasteiger partial charge on any atom is 0.227 e. The number of ether oxygens (including phenoxy) is 1. The third-order valence-corrected chi connectivity index (χ3v) is 4.22. The van der Waals surface area contributed by atoms with E-state index < -0.39 is 0 Å². The van der Waals surface area contributed by atoms with E-state index in [1.807, 2.05) is 24.3 Å². The van der Waals surface area contributed by atoms with Crippen molar-refractivity contribution in [3.05, 3.63) is 29.8 Å². The zero-order valence-electron chi connectivity index (χ0n) is 10.5.